The van der Waals surface area contributed by atoms with Crippen LogP contribution in [0.5, 0.6) is 0 Å². The van der Waals surface area contributed by atoms with Crippen LogP contribution in [0.1, 0.15) is 19.7 Å². The van der Waals surface area contributed by atoms with E-state index in [0.717, 1.165) is 6.92 Å². The minimum Gasteiger partial charge on any atom is -0.361 e. The molecule has 0 amide bonds. The maximum atomic E-state index is 12.9. The van der Waals surface area contributed by atoms with E-state index in [9.17, 15) is 8.78 Å². The van der Waals surface area contributed by atoms with Gasteiger partial charge in [0.05, 0.1) is 6.04 Å². The fraction of sp³-hybridized carbons (Fsp3) is 0.556. The van der Waals surface area contributed by atoms with Crippen LogP contribution in [0.25, 0.3) is 0 Å². The van der Waals surface area contributed by atoms with E-state index in [0.29, 0.717) is 16.2 Å². The summed E-state index contributed by atoms with van der Waals surface area (Å²) in [4.78, 5) is 7.98. The first-order valence-electron chi connectivity index (χ1n) is 4.44. The van der Waals surface area contributed by atoms with Gasteiger partial charge >= 0.3 is 0 Å². The number of aryl methyl sites for hydroxylation is 1. The summed E-state index contributed by atoms with van der Waals surface area (Å²) in [7, 11) is 0. The summed E-state index contributed by atoms with van der Waals surface area (Å²) < 4.78 is 26.3. The number of hydrogen-bond donors (Lipinski definition) is 1. The Hall–Kier alpha value is -0.780. The summed E-state index contributed by atoms with van der Waals surface area (Å²) in [6.07, 6.45) is 0. The molecule has 1 N–H and O–H groups in total. The second-order valence-electron chi connectivity index (χ2n) is 3.45. The predicted molar refractivity (Wildman–Crippen MR) is 58.2 cm³/mol. The summed E-state index contributed by atoms with van der Waals surface area (Å²) >= 11 is 3.17. The number of anilines is 1. The van der Waals surface area contributed by atoms with Crippen molar-refractivity contribution in [3.8, 4) is 0 Å². The van der Waals surface area contributed by atoms with Crippen LogP contribution in [-0.2, 0) is 0 Å². The Morgan fingerprint density at radius 1 is 1.47 bits per heavy atom. The van der Waals surface area contributed by atoms with Gasteiger partial charge in [0.15, 0.2) is 0 Å². The molecule has 1 aromatic rings. The highest BCUT2D eigenvalue weighted by atomic mass is 79.9. The lowest BCUT2D eigenvalue weighted by Gasteiger charge is -2.21. The zero-order chi connectivity index (χ0) is 11.6. The smallest absolute Gasteiger partial charge is 0.264 e. The molecule has 0 fully saturated rings. The van der Waals surface area contributed by atoms with E-state index in [4.69, 9.17) is 0 Å². The van der Waals surface area contributed by atoms with Gasteiger partial charge in [-0.1, -0.05) is 0 Å². The molecule has 0 bridgehead atoms. The molecule has 1 heterocycles. The van der Waals surface area contributed by atoms with E-state index in [-0.39, 0.29) is 0 Å². The molecule has 84 valence electrons. The number of nitrogens with one attached hydrogen (secondary N) is 1. The van der Waals surface area contributed by atoms with Crippen LogP contribution in [0.15, 0.2) is 10.7 Å². The molecule has 6 heteroatoms. The monoisotopic (exact) mass is 279 g/mol. The van der Waals surface area contributed by atoms with E-state index >= 15 is 0 Å². The Morgan fingerprint density at radius 3 is 2.53 bits per heavy atom. The highest BCUT2D eigenvalue weighted by molar-refractivity contribution is 9.10. The lowest BCUT2D eigenvalue weighted by molar-refractivity contribution is 0.00688. The molecule has 0 spiro atoms. The first kappa shape index (κ1) is 12.3. The van der Waals surface area contributed by atoms with Crippen molar-refractivity contribution >= 4 is 21.7 Å². The summed E-state index contributed by atoms with van der Waals surface area (Å²) in [6, 6.07) is 0.591. The Bertz CT molecular complexity index is 331. The summed E-state index contributed by atoms with van der Waals surface area (Å²) in [5, 5.41) is 2.63. The SMILES string of the molecule is Cc1nc(Br)cc(NC(C)C(C)(F)F)n1. The Balaban J connectivity index is 2.81. The molecule has 3 nitrogen and oxygen atoms in total. The third kappa shape index (κ3) is 3.70. The van der Waals surface area contributed by atoms with Crippen LogP contribution >= 0.6 is 15.9 Å². The number of alkyl halides is 2. The zero-order valence-electron chi connectivity index (χ0n) is 8.68. The molecular weight excluding hydrogens is 268 g/mol. The standard InChI is InChI=1S/C9H12BrF2N3/c1-5(9(3,11)12)13-8-4-7(10)14-6(2)15-8/h4-5H,1-3H3,(H,13,14,15). The lowest BCUT2D eigenvalue weighted by atomic mass is 10.2. The minimum atomic E-state index is -2.79. The van der Waals surface area contributed by atoms with E-state index in [1.54, 1.807) is 13.0 Å². The number of hydrogen-bond acceptors (Lipinski definition) is 3. The average Bonchev–Trinajstić information content (AvgIpc) is 1.99. The zero-order valence-corrected chi connectivity index (χ0v) is 10.3. The van der Waals surface area contributed by atoms with Gasteiger partial charge in [-0.25, -0.2) is 18.7 Å². The number of aromatic nitrogens is 2. The highest BCUT2D eigenvalue weighted by Gasteiger charge is 2.30. The van der Waals surface area contributed by atoms with Gasteiger partial charge in [-0.3, -0.25) is 0 Å². The molecule has 0 aromatic carbocycles. The molecule has 15 heavy (non-hydrogen) atoms. The molecule has 0 aliphatic heterocycles. The van der Waals surface area contributed by atoms with Crippen LogP contribution in [0.3, 0.4) is 0 Å². The van der Waals surface area contributed by atoms with Crippen molar-refractivity contribution in [1.82, 2.24) is 9.97 Å². The largest absolute Gasteiger partial charge is 0.361 e. The van der Waals surface area contributed by atoms with Crippen molar-refractivity contribution in [2.45, 2.75) is 32.7 Å². The fourth-order valence-corrected chi connectivity index (χ4v) is 1.43. The third-order valence-corrected chi connectivity index (χ3v) is 2.34. The van der Waals surface area contributed by atoms with Crippen LogP contribution in [0.4, 0.5) is 14.6 Å². The molecule has 1 rings (SSSR count). The van der Waals surface area contributed by atoms with Gasteiger partial charge in [0.2, 0.25) is 0 Å². The Labute approximate surface area is 95.4 Å². The first-order valence-corrected chi connectivity index (χ1v) is 5.24. The molecule has 0 radical (unpaired) electrons. The van der Waals surface area contributed by atoms with Gasteiger partial charge < -0.3 is 5.32 Å². The number of nitrogens with zero attached hydrogens (tertiary/aromatic N) is 2. The van der Waals surface area contributed by atoms with Crippen LogP contribution < -0.4 is 5.32 Å². The predicted octanol–water partition coefficient (Wildman–Crippen LogP) is 3.00. The normalized spacial score (nSPS) is 13.7. The van der Waals surface area contributed by atoms with Crippen LogP contribution in [-0.4, -0.2) is 21.9 Å². The van der Waals surface area contributed by atoms with Gasteiger partial charge in [-0.15, -0.1) is 0 Å². The molecule has 1 unspecified atom stereocenters. The third-order valence-electron chi connectivity index (χ3n) is 1.93. The highest BCUT2D eigenvalue weighted by Crippen LogP contribution is 2.21. The van der Waals surface area contributed by atoms with Crippen LogP contribution in [0.2, 0.25) is 0 Å². The minimum absolute atomic E-state index is 0.392. The molecule has 0 saturated heterocycles. The van der Waals surface area contributed by atoms with Gasteiger partial charge in [-0.05, 0) is 29.8 Å². The summed E-state index contributed by atoms with van der Waals surface area (Å²) in [5.74, 6) is -1.87. The van der Waals surface area contributed by atoms with Crippen molar-refractivity contribution < 1.29 is 8.78 Å². The molecule has 1 atom stereocenters. The van der Waals surface area contributed by atoms with E-state index < -0.39 is 12.0 Å². The van der Waals surface area contributed by atoms with Gasteiger partial charge in [0.1, 0.15) is 16.2 Å². The number of rotatable bonds is 3. The van der Waals surface area contributed by atoms with E-state index in [1.165, 1.54) is 6.92 Å². The lowest BCUT2D eigenvalue weighted by Crippen LogP contribution is -2.34. The number of halogens is 3. The molecule has 1 aromatic heterocycles. The second-order valence-corrected chi connectivity index (χ2v) is 4.26. The fourth-order valence-electron chi connectivity index (χ4n) is 0.954. The first-order chi connectivity index (χ1) is 6.79. The second kappa shape index (κ2) is 4.38. The molecule has 0 saturated carbocycles. The van der Waals surface area contributed by atoms with E-state index in [2.05, 4.69) is 31.2 Å². The average molecular weight is 280 g/mol. The maximum absolute atomic E-state index is 12.9. The molecule has 0 aliphatic rings. The summed E-state index contributed by atoms with van der Waals surface area (Å²) in [6.45, 7) is 3.98. The topological polar surface area (TPSA) is 37.8 Å². The van der Waals surface area contributed by atoms with E-state index in [1.807, 2.05) is 0 Å². The Kier molecular flexibility index (Phi) is 3.59. The quantitative estimate of drug-likeness (QED) is 0.865. The van der Waals surface area contributed by atoms with Gasteiger partial charge in [0.25, 0.3) is 5.92 Å². The maximum Gasteiger partial charge on any atom is 0.264 e. The Morgan fingerprint density at radius 2 is 2.07 bits per heavy atom. The van der Waals surface area contributed by atoms with Gasteiger partial charge in [-0.2, -0.15) is 0 Å². The van der Waals surface area contributed by atoms with Crippen molar-refractivity contribution in [1.29, 1.82) is 0 Å². The van der Waals surface area contributed by atoms with Crippen LogP contribution in [0, 0.1) is 6.92 Å². The summed E-state index contributed by atoms with van der Waals surface area (Å²) in [5.41, 5.74) is 0. The van der Waals surface area contributed by atoms with Gasteiger partial charge in [0, 0.05) is 13.0 Å². The molecular formula is C9H12BrF2N3. The van der Waals surface area contributed by atoms with Crippen molar-refractivity contribution in [2.24, 2.45) is 0 Å². The van der Waals surface area contributed by atoms with Crippen molar-refractivity contribution in [2.75, 3.05) is 5.32 Å². The van der Waals surface area contributed by atoms with Crippen molar-refractivity contribution in [3.05, 3.63) is 16.5 Å². The van der Waals surface area contributed by atoms with Crippen molar-refractivity contribution in [3.63, 3.8) is 0 Å². The molecule has 0 aliphatic carbocycles.